The van der Waals surface area contributed by atoms with Crippen molar-refractivity contribution in [2.45, 2.75) is 36.4 Å². The number of carbonyl (C=O) groups excluding carboxylic acids is 1. The van der Waals surface area contributed by atoms with E-state index in [0.29, 0.717) is 11.7 Å². The number of hydrogen-bond donors (Lipinski definition) is 3. The van der Waals surface area contributed by atoms with Crippen LogP contribution in [-0.4, -0.2) is 62.2 Å². The first-order valence-corrected chi connectivity index (χ1v) is 13.8. The largest absolute Gasteiger partial charge is 0.378 e. The van der Waals surface area contributed by atoms with E-state index in [4.69, 9.17) is 4.74 Å². The van der Waals surface area contributed by atoms with Crippen molar-refractivity contribution in [1.82, 2.24) is 21.1 Å². The van der Waals surface area contributed by atoms with E-state index in [2.05, 4.69) is 45.3 Å². The van der Waals surface area contributed by atoms with E-state index in [-0.39, 0.29) is 35.3 Å². The van der Waals surface area contributed by atoms with Crippen molar-refractivity contribution in [2.24, 2.45) is 5.92 Å². The monoisotopic (exact) mass is 498 g/mol. The van der Waals surface area contributed by atoms with Crippen LogP contribution in [0.25, 0.3) is 0 Å². The fourth-order valence-corrected chi connectivity index (χ4v) is 6.85. The van der Waals surface area contributed by atoms with E-state index in [1.165, 1.54) is 29.0 Å². The Kier molecular flexibility index (Phi) is 7.46. The molecule has 2 heterocycles. The number of carbonyl (C=O) groups is 1. The molecule has 2 saturated heterocycles. The normalized spacial score (nSPS) is 27.7. The van der Waals surface area contributed by atoms with Gasteiger partial charge in [-0.15, -0.1) is 0 Å². The fraction of sp³-hybridized carbons (Fsp3) is 0.519. The summed E-state index contributed by atoms with van der Waals surface area (Å²) in [7, 11) is 1.78. The highest BCUT2D eigenvalue weighted by Gasteiger charge is 2.54. The molecular formula is C27H35FN4O2S. The maximum atomic E-state index is 13.8. The zero-order valence-electron chi connectivity index (χ0n) is 20.4. The molecule has 3 aliphatic rings. The smallest absolute Gasteiger partial charge is 0.230 e. The molecule has 6 nitrogen and oxygen atoms in total. The first-order chi connectivity index (χ1) is 17.1. The van der Waals surface area contributed by atoms with Crippen molar-refractivity contribution in [3.8, 4) is 0 Å². The van der Waals surface area contributed by atoms with Crippen LogP contribution in [0.5, 0.6) is 0 Å². The lowest BCUT2D eigenvalue weighted by molar-refractivity contribution is -0.121. The lowest BCUT2D eigenvalue weighted by Gasteiger charge is -2.44. The number of rotatable bonds is 7. The number of hydrogen-bond acceptors (Lipinski definition) is 6. The second-order valence-electron chi connectivity index (χ2n) is 10.00. The molecule has 3 N–H and O–H groups in total. The molecule has 2 aromatic rings. The maximum absolute atomic E-state index is 13.8. The van der Waals surface area contributed by atoms with E-state index >= 15 is 0 Å². The van der Waals surface area contributed by atoms with E-state index < -0.39 is 0 Å². The van der Waals surface area contributed by atoms with Gasteiger partial charge >= 0.3 is 0 Å². The van der Waals surface area contributed by atoms with E-state index in [1.54, 1.807) is 19.2 Å². The summed E-state index contributed by atoms with van der Waals surface area (Å²) in [6, 6.07) is 15.4. The summed E-state index contributed by atoms with van der Waals surface area (Å²) in [5.74, 6) is 0.669. The summed E-state index contributed by atoms with van der Waals surface area (Å²) in [4.78, 5) is 15.1. The molecule has 0 bridgehead atoms. The molecular weight excluding hydrogens is 463 g/mol. The minimum Gasteiger partial charge on any atom is -0.378 e. The van der Waals surface area contributed by atoms with Crippen molar-refractivity contribution in [3.63, 3.8) is 0 Å². The summed E-state index contributed by atoms with van der Waals surface area (Å²) < 4.78 is 20.0. The third kappa shape index (κ3) is 4.74. The minimum atomic E-state index is -0.195. The number of amides is 1. The minimum absolute atomic E-state index is 0.0541. The molecule has 5 rings (SSSR count). The van der Waals surface area contributed by atoms with Gasteiger partial charge in [-0.1, -0.05) is 36.4 Å². The Morgan fingerprint density at radius 2 is 2.03 bits per heavy atom. The third-order valence-electron chi connectivity index (χ3n) is 8.07. The lowest BCUT2D eigenvalue weighted by Crippen LogP contribution is -2.51. The van der Waals surface area contributed by atoms with Gasteiger partial charge in [-0.3, -0.25) is 10.2 Å². The molecule has 1 spiro atoms. The Balaban J connectivity index is 1.30. The number of nitrogens with one attached hydrogen (secondary N) is 3. The molecule has 2 aromatic carbocycles. The van der Waals surface area contributed by atoms with Crippen LogP contribution in [0.15, 0.2) is 48.5 Å². The molecule has 1 aliphatic carbocycles. The van der Waals surface area contributed by atoms with E-state index in [1.807, 2.05) is 12.3 Å². The van der Waals surface area contributed by atoms with Gasteiger partial charge in [0.1, 0.15) is 5.82 Å². The number of thioether (sulfide) groups is 1. The van der Waals surface area contributed by atoms with Gasteiger partial charge < -0.3 is 15.0 Å². The van der Waals surface area contributed by atoms with Crippen LogP contribution < -0.4 is 16.2 Å². The average Bonchev–Trinajstić information content (AvgIpc) is 3.42. The van der Waals surface area contributed by atoms with Gasteiger partial charge in [0.25, 0.3) is 0 Å². The number of likely N-dealkylation sites (tertiary alicyclic amines) is 1. The average molecular weight is 499 g/mol. The number of hydrazine groups is 1. The SMILES string of the molecule is CO[C@@H]1[C@@H](NC(=O)CSC)c2ccccc2C12CCN(CC1CNNC1c1cccc(F)c1)CC2. The number of benzene rings is 2. The first-order valence-electron chi connectivity index (χ1n) is 12.4. The zero-order valence-corrected chi connectivity index (χ0v) is 21.2. The van der Waals surface area contributed by atoms with Crippen LogP contribution in [-0.2, 0) is 14.9 Å². The highest BCUT2D eigenvalue weighted by Crippen LogP contribution is 2.52. The first kappa shape index (κ1) is 24.7. The van der Waals surface area contributed by atoms with Crippen LogP contribution in [0.1, 0.15) is 41.6 Å². The number of methoxy groups -OCH3 is 1. The Hall–Kier alpha value is -1.97. The number of halogens is 1. The molecule has 0 saturated carbocycles. The molecule has 8 heteroatoms. The van der Waals surface area contributed by atoms with Crippen LogP contribution in [0.3, 0.4) is 0 Å². The van der Waals surface area contributed by atoms with Crippen molar-refractivity contribution in [1.29, 1.82) is 0 Å². The van der Waals surface area contributed by atoms with Gasteiger partial charge in [-0.25, -0.2) is 9.82 Å². The van der Waals surface area contributed by atoms with Gasteiger partial charge in [0.2, 0.25) is 5.91 Å². The van der Waals surface area contributed by atoms with Crippen LogP contribution in [0.4, 0.5) is 4.39 Å². The van der Waals surface area contributed by atoms with Crippen LogP contribution >= 0.6 is 11.8 Å². The predicted octanol–water partition coefficient (Wildman–Crippen LogP) is 3.17. The van der Waals surface area contributed by atoms with E-state index in [0.717, 1.165) is 44.6 Å². The number of fused-ring (bicyclic) bond motifs is 2. The summed E-state index contributed by atoms with van der Waals surface area (Å²) in [5.41, 5.74) is 10.0. The van der Waals surface area contributed by atoms with Gasteiger partial charge in [0, 0.05) is 31.5 Å². The van der Waals surface area contributed by atoms with Crippen molar-refractivity contribution < 1.29 is 13.9 Å². The maximum Gasteiger partial charge on any atom is 0.230 e. The standard InChI is InChI=1S/C27H35FN4O2S/c1-34-26-25(30-23(33)17-35-2)21-8-3-4-9-22(21)27(26)10-12-32(13-11-27)16-19-15-29-31-24(19)18-6-5-7-20(28)14-18/h3-9,14,19,24-26,29,31H,10-13,15-17H2,1-2H3,(H,30,33)/t19?,24?,25-,26+/m0/s1. The second kappa shape index (κ2) is 10.6. The highest BCUT2D eigenvalue weighted by molar-refractivity contribution is 7.99. The molecule has 0 radical (unpaired) electrons. The van der Waals surface area contributed by atoms with Crippen LogP contribution in [0, 0.1) is 11.7 Å². The topological polar surface area (TPSA) is 65.6 Å². The van der Waals surface area contributed by atoms with Crippen molar-refractivity contribution in [2.75, 3.05) is 45.3 Å². The molecule has 2 aliphatic heterocycles. The number of piperidine rings is 1. The van der Waals surface area contributed by atoms with Gasteiger partial charge in [0.15, 0.2) is 0 Å². The molecule has 1 amide bonds. The Morgan fingerprint density at radius 3 is 2.77 bits per heavy atom. The summed E-state index contributed by atoms with van der Waals surface area (Å²) in [6.07, 6.45) is 3.83. The lowest BCUT2D eigenvalue weighted by atomic mass is 9.71. The van der Waals surface area contributed by atoms with Gasteiger partial charge in [-0.05, 0) is 61.0 Å². The molecule has 35 heavy (non-hydrogen) atoms. The Bertz CT molecular complexity index is 1050. The quantitative estimate of drug-likeness (QED) is 0.545. The summed E-state index contributed by atoms with van der Waals surface area (Å²) in [5, 5.41) is 3.26. The number of ether oxygens (including phenoxy) is 1. The predicted molar refractivity (Wildman–Crippen MR) is 138 cm³/mol. The van der Waals surface area contributed by atoms with Gasteiger partial charge in [0.05, 0.1) is 23.9 Å². The molecule has 2 unspecified atom stereocenters. The van der Waals surface area contributed by atoms with Crippen LogP contribution in [0.2, 0.25) is 0 Å². The fourth-order valence-electron chi connectivity index (χ4n) is 6.50. The second-order valence-corrected chi connectivity index (χ2v) is 10.9. The summed E-state index contributed by atoms with van der Waals surface area (Å²) in [6.45, 7) is 3.73. The van der Waals surface area contributed by atoms with E-state index in [9.17, 15) is 9.18 Å². The Morgan fingerprint density at radius 1 is 1.23 bits per heavy atom. The highest BCUT2D eigenvalue weighted by atomic mass is 32.2. The third-order valence-corrected chi connectivity index (χ3v) is 8.62. The van der Waals surface area contributed by atoms with Crippen molar-refractivity contribution in [3.05, 3.63) is 71.0 Å². The summed E-state index contributed by atoms with van der Waals surface area (Å²) >= 11 is 1.53. The molecule has 0 aromatic heterocycles. The number of nitrogens with zero attached hydrogens (tertiary/aromatic N) is 1. The van der Waals surface area contributed by atoms with Gasteiger partial charge in [-0.2, -0.15) is 11.8 Å². The molecule has 2 fully saturated rings. The molecule has 188 valence electrons. The van der Waals surface area contributed by atoms with Crippen molar-refractivity contribution >= 4 is 17.7 Å². The molecule has 4 atom stereocenters. The Labute approximate surface area is 211 Å². The zero-order chi connectivity index (χ0) is 24.4.